The largest absolute Gasteiger partial charge is 0.313 e. The summed E-state index contributed by atoms with van der Waals surface area (Å²) in [6.45, 7) is 7.53. The molecule has 0 radical (unpaired) electrons. The second-order valence-corrected chi connectivity index (χ2v) is 6.97. The SMILES string of the molecule is CCNC(CSCC(C)C)Cc1cccc(F)c1Br. The predicted molar refractivity (Wildman–Crippen MR) is 87.4 cm³/mol. The Morgan fingerprint density at radius 2 is 2.05 bits per heavy atom. The number of rotatable bonds is 8. The van der Waals surface area contributed by atoms with Gasteiger partial charge in [-0.15, -0.1) is 0 Å². The van der Waals surface area contributed by atoms with Gasteiger partial charge in [0.15, 0.2) is 0 Å². The molecular formula is C15H23BrFNS. The molecule has 4 heteroatoms. The van der Waals surface area contributed by atoms with Gasteiger partial charge in [-0.25, -0.2) is 4.39 Å². The van der Waals surface area contributed by atoms with Crippen LogP contribution in [0.15, 0.2) is 22.7 Å². The Kier molecular flexibility index (Phi) is 8.03. The smallest absolute Gasteiger partial charge is 0.137 e. The molecule has 0 saturated carbocycles. The normalized spacial score (nSPS) is 12.9. The molecular weight excluding hydrogens is 325 g/mol. The molecule has 0 aliphatic rings. The molecule has 0 spiro atoms. The lowest BCUT2D eigenvalue weighted by Crippen LogP contribution is -2.33. The zero-order valence-electron chi connectivity index (χ0n) is 11.9. The van der Waals surface area contributed by atoms with E-state index in [1.807, 2.05) is 17.8 Å². The predicted octanol–water partition coefficient (Wildman–Crippen LogP) is 4.50. The molecule has 1 N–H and O–H groups in total. The monoisotopic (exact) mass is 347 g/mol. The summed E-state index contributed by atoms with van der Waals surface area (Å²) in [5.41, 5.74) is 1.04. The number of hydrogen-bond donors (Lipinski definition) is 1. The minimum atomic E-state index is -0.178. The van der Waals surface area contributed by atoms with E-state index in [2.05, 4.69) is 42.0 Å². The number of nitrogens with one attached hydrogen (secondary N) is 1. The fourth-order valence-electron chi connectivity index (χ4n) is 1.90. The van der Waals surface area contributed by atoms with E-state index in [4.69, 9.17) is 0 Å². The third-order valence-corrected chi connectivity index (χ3v) is 5.19. The van der Waals surface area contributed by atoms with Crippen molar-refractivity contribution in [2.75, 3.05) is 18.1 Å². The maximum atomic E-state index is 13.5. The molecule has 0 bridgehead atoms. The topological polar surface area (TPSA) is 12.0 Å². The summed E-state index contributed by atoms with van der Waals surface area (Å²) >= 11 is 5.31. The second kappa shape index (κ2) is 8.98. The molecule has 1 nitrogen and oxygen atoms in total. The molecule has 0 aliphatic heterocycles. The third-order valence-electron chi connectivity index (χ3n) is 2.76. The standard InChI is InChI=1S/C15H23BrFNS/c1-4-18-13(10-19-9-11(2)3)8-12-6-5-7-14(17)15(12)16/h5-7,11,13,18H,4,8-10H2,1-3H3. The van der Waals surface area contributed by atoms with E-state index in [1.54, 1.807) is 6.07 Å². The van der Waals surface area contributed by atoms with Crippen LogP contribution >= 0.6 is 27.7 Å². The van der Waals surface area contributed by atoms with Crippen molar-refractivity contribution in [3.63, 3.8) is 0 Å². The lowest BCUT2D eigenvalue weighted by atomic mass is 10.1. The van der Waals surface area contributed by atoms with Crippen LogP contribution in [0.3, 0.4) is 0 Å². The van der Waals surface area contributed by atoms with E-state index in [0.29, 0.717) is 16.4 Å². The first-order chi connectivity index (χ1) is 9.04. The van der Waals surface area contributed by atoms with Gasteiger partial charge in [0.2, 0.25) is 0 Å². The van der Waals surface area contributed by atoms with Crippen molar-refractivity contribution in [3.05, 3.63) is 34.1 Å². The Morgan fingerprint density at radius 3 is 2.68 bits per heavy atom. The number of likely N-dealkylation sites (N-methyl/N-ethyl adjacent to an activating group) is 1. The molecule has 108 valence electrons. The van der Waals surface area contributed by atoms with Gasteiger partial charge in [0.05, 0.1) is 4.47 Å². The van der Waals surface area contributed by atoms with Gasteiger partial charge in [-0.05, 0) is 52.2 Å². The minimum absolute atomic E-state index is 0.178. The molecule has 0 aromatic heterocycles. The molecule has 1 aromatic carbocycles. The fourth-order valence-corrected chi connectivity index (χ4v) is 3.45. The van der Waals surface area contributed by atoms with Crippen LogP contribution < -0.4 is 5.32 Å². The van der Waals surface area contributed by atoms with Crippen molar-refractivity contribution in [2.24, 2.45) is 5.92 Å². The second-order valence-electron chi connectivity index (χ2n) is 5.10. The zero-order chi connectivity index (χ0) is 14.3. The Labute approximate surface area is 128 Å². The maximum Gasteiger partial charge on any atom is 0.137 e. The van der Waals surface area contributed by atoms with E-state index in [-0.39, 0.29) is 5.82 Å². The zero-order valence-corrected chi connectivity index (χ0v) is 14.3. The van der Waals surface area contributed by atoms with Crippen molar-refractivity contribution in [3.8, 4) is 0 Å². The summed E-state index contributed by atoms with van der Waals surface area (Å²) in [7, 11) is 0. The van der Waals surface area contributed by atoms with E-state index in [9.17, 15) is 4.39 Å². The summed E-state index contributed by atoms with van der Waals surface area (Å²) in [6, 6.07) is 5.65. The first-order valence-corrected chi connectivity index (χ1v) is 8.73. The average molecular weight is 348 g/mol. The van der Waals surface area contributed by atoms with E-state index < -0.39 is 0 Å². The number of benzene rings is 1. The summed E-state index contributed by atoms with van der Waals surface area (Å²) in [4.78, 5) is 0. The van der Waals surface area contributed by atoms with Crippen LogP contribution in [0.25, 0.3) is 0 Å². The highest BCUT2D eigenvalue weighted by Gasteiger charge is 2.13. The molecule has 1 unspecified atom stereocenters. The van der Waals surface area contributed by atoms with Crippen LogP contribution in [0.1, 0.15) is 26.3 Å². The van der Waals surface area contributed by atoms with E-state index in [1.165, 1.54) is 11.8 Å². The Hall–Kier alpha value is -0.0600. The maximum absolute atomic E-state index is 13.5. The van der Waals surface area contributed by atoms with Crippen molar-refractivity contribution in [2.45, 2.75) is 33.2 Å². The van der Waals surface area contributed by atoms with E-state index >= 15 is 0 Å². The molecule has 0 aliphatic carbocycles. The van der Waals surface area contributed by atoms with Gasteiger partial charge in [0.25, 0.3) is 0 Å². The molecule has 0 heterocycles. The van der Waals surface area contributed by atoms with Gasteiger partial charge in [0.1, 0.15) is 5.82 Å². The summed E-state index contributed by atoms with van der Waals surface area (Å²) in [6.07, 6.45) is 0.858. The van der Waals surface area contributed by atoms with Gasteiger partial charge in [-0.1, -0.05) is 32.9 Å². The Bertz CT molecular complexity index is 384. The van der Waals surface area contributed by atoms with Gasteiger partial charge < -0.3 is 5.32 Å². The van der Waals surface area contributed by atoms with Crippen LogP contribution in [0.5, 0.6) is 0 Å². The van der Waals surface area contributed by atoms with Crippen molar-refractivity contribution in [1.82, 2.24) is 5.32 Å². The van der Waals surface area contributed by atoms with Gasteiger partial charge in [0, 0.05) is 11.8 Å². The lowest BCUT2D eigenvalue weighted by molar-refractivity contribution is 0.565. The summed E-state index contributed by atoms with van der Waals surface area (Å²) < 4.78 is 14.1. The number of hydrogen-bond acceptors (Lipinski definition) is 2. The van der Waals surface area contributed by atoms with Crippen LogP contribution in [0.4, 0.5) is 4.39 Å². The van der Waals surface area contributed by atoms with Crippen molar-refractivity contribution in [1.29, 1.82) is 0 Å². The lowest BCUT2D eigenvalue weighted by Gasteiger charge is -2.19. The third kappa shape index (κ3) is 6.28. The summed E-state index contributed by atoms with van der Waals surface area (Å²) in [5, 5.41) is 3.49. The Morgan fingerprint density at radius 1 is 1.32 bits per heavy atom. The van der Waals surface area contributed by atoms with Crippen molar-refractivity contribution < 1.29 is 4.39 Å². The summed E-state index contributed by atoms with van der Waals surface area (Å²) in [5.74, 6) is 2.78. The van der Waals surface area contributed by atoms with E-state index in [0.717, 1.165) is 24.3 Å². The first-order valence-electron chi connectivity index (χ1n) is 6.78. The molecule has 19 heavy (non-hydrogen) atoms. The molecule has 1 rings (SSSR count). The molecule has 1 aromatic rings. The first kappa shape index (κ1) is 17.0. The van der Waals surface area contributed by atoms with Crippen LogP contribution in [-0.2, 0) is 6.42 Å². The molecule has 0 saturated heterocycles. The highest BCUT2D eigenvalue weighted by Crippen LogP contribution is 2.22. The number of thioether (sulfide) groups is 1. The molecule has 1 atom stereocenters. The quantitative estimate of drug-likeness (QED) is 0.742. The fraction of sp³-hybridized carbons (Fsp3) is 0.600. The van der Waals surface area contributed by atoms with Crippen LogP contribution in [0.2, 0.25) is 0 Å². The van der Waals surface area contributed by atoms with Gasteiger partial charge in [-0.3, -0.25) is 0 Å². The number of halogens is 2. The molecule has 0 amide bonds. The van der Waals surface area contributed by atoms with Crippen LogP contribution in [0, 0.1) is 11.7 Å². The van der Waals surface area contributed by atoms with Crippen LogP contribution in [-0.4, -0.2) is 24.1 Å². The average Bonchev–Trinajstić information content (AvgIpc) is 2.34. The molecule has 0 fully saturated rings. The Balaban J connectivity index is 2.59. The highest BCUT2D eigenvalue weighted by atomic mass is 79.9. The van der Waals surface area contributed by atoms with Gasteiger partial charge >= 0.3 is 0 Å². The minimum Gasteiger partial charge on any atom is -0.313 e. The highest BCUT2D eigenvalue weighted by molar-refractivity contribution is 9.10. The van der Waals surface area contributed by atoms with Crippen molar-refractivity contribution >= 4 is 27.7 Å². The van der Waals surface area contributed by atoms with Gasteiger partial charge in [-0.2, -0.15) is 11.8 Å².